The zero-order valence-corrected chi connectivity index (χ0v) is 19.8. The number of hydrogen-bond donors (Lipinski definition) is 2. The first kappa shape index (κ1) is 22.6. The second kappa shape index (κ2) is 10.8. The molecule has 0 aliphatic heterocycles. The van der Waals surface area contributed by atoms with Gasteiger partial charge in [-0.15, -0.1) is 11.3 Å². The van der Waals surface area contributed by atoms with Gasteiger partial charge in [-0.25, -0.2) is 9.98 Å². The minimum atomic E-state index is 0.282. The van der Waals surface area contributed by atoms with Gasteiger partial charge in [-0.3, -0.25) is 5.14 Å². The van der Waals surface area contributed by atoms with Crippen LogP contribution in [0.2, 0.25) is 0 Å². The van der Waals surface area contributed by atoms with Crippen molar-refractivity contribution in [3.8, 4) is 5.75 Å². The van der Waals surface area contributed by atoms with E-state index in [1.54, 1.807) is 0 Å². The van der Waals surface area contributed by atoms with Crippen LogP contribution in [0.5, 0.6) is 5.75 Å². The fourth-order valence-electron chi connectivity index (χ4n) is 3.88. The average molecular weight is 465 g/mol. The van der Waals surface area contributed by atoms with Crippen molar-refractivity contribution in [1.29, 1.82) is 0 Å². The molecule has 4 N–H and O–H groups in total. The third-order valence-corrected chi connectivity index (χ3v) is 6.96. The van der Waals surface area contributed by atoms with Gasteiger partial charge in [-0.1, -0.05) is 49.6 Å². The summed E-state index contributed by atoms with van der Waals surface area (Å²) in [5, 5.41) is 8.37. The van der Waals surface area contributed by atoms with Gasteiger partial charge in [0.25, 0.3) is 0 Å². The molecule has 1 aliphatic rings. The van der Waals surface area contributed by atoms with Crippen molar-refractivity contribution in [2.75, 3.05) is 0 Å². The molecule has 0 amide bonds. The van der Waals surface area contributed by atoms with Crippen LogP contribution in [0.3, 0.4) is 0 Å². The Hall–Kier alpha value is -2.61. The molecule has 0 unspecified atom stereocenters. The molecule has 166 valence electrons. The molecule has 32 heavy (non-hydrogen) atoms. The van der Waals surface area contributed by atoms with E-state index >= 15 is 0 Å². The fourth-order valence-corrected chi connectivity index (χ4v) is 4.84. The van der Waals surface area contributed by atoms with Gasteiger partial charge in [-0.2, -0.15) is 0 Å². The second-order valence-corrected chi connectivity index (χ2v) is 9.45. The number of aromatic nitrogens is 1. The molecule has 0 spiro atoms. The molecule has 1 aromatic heterocycles. The third kappa shape index (κ3) is 5.59. The van der Waals surface area contributed by atoms with Gasteiger partial charge in [0.15, 0.2) is 5.76 Å². The van der Waals surface area contributed by atoms with Crippen molar-refractivity contribution in [1.82, 2.24) is 4.98 Å². The van der Waals surface area contributed by atoms with Crippen molar-refractivity contribution in [2.24, 2.45) is 21.8 Å². The number of allylic oxidation sites excluding steroid dienone is 2. The van der Waals surface area contributed by atoms with Crippen LogP contribution in [0, 0.1) is 12.8 Å². The van der Waals surface area contributed by atoms with E-state index in [0.717, 1.165) is 34.7 Å². The van der Waals surface area contributed by atoms with Gasteiger partial charge in [0.2, 0.25) is 5.13 Å². The maximum absolute atomic E-state index is 6.83. The summed E-state index contributed by atoms with van der Waals surface area (Å²) in [6.45, 7) is 1.97. The minimum absolute atomic E-state index is 0.282. The molecule has 5 nitrogen and oxygen atoms in total. The van der Waals surface area contributed by atoms with Gasteiger partial charge in [-0.05, 0) is 56.0 Å². The molecule has 0 bridgehead atoms. The summed E-state index contributed by atoms with van der Waals surface area (Å²) < 4.78 is 6.48. The first-order chi connectivity index (χ1) is 15.6. The molecular weight excluding hydrogens is 436 g/mol. The zero-order chi connectivity index (χ0) is 22.3. The number of thiazole rings is 1. The van der Waals surface area contributed by atoms with Crippen LogP contribution in [0.1, 0.15) is 43.4 Å². The van der Waals surface area contributed by atoms with Crippen LogP contribution in [0.15, 0.2) is 81.3 Å². The highest BCUT2D eigenvalue weighted by Gasteiger charge is 2.25. The molecule has 1 fully saturated rings. The van der Waals surface area contributed by atoms with Crippen LogP contribution < -0.4 is 15.6 Å². The Morgan fingerprint density at radius 3 is 2.41 bits per heavy atom. The number of ether oxygens (including phenoxy) is 1. The van der Waals surface area contributed by atoms with Gasteiger partial charge in [0, 0.05) is 21.8 Å². The summed E-state index contributed by atoms with van der Waals surface area (Å²) in [5.41, 5.74) is 10.2. The Morgan fingerprint density at radius 2 is 1.78 bits per heavy atom. The number of nitrogens with zero attached hydrogens (tertiary/aromatic N) is 2. The molecule has 0 radical (unpaired) electrons. The molecule has 1 heterocycles. The van der Waals surface area contributed by atoms with Crippen molar-refractivity contribution < 1.29 is 4.74 Å². The molecule has 1 saturated carbocycles. The van der Waals surface area contributed by atoms with Crippen LogP contribution >= 0.6 is 23.3 Å². The first-order valence-corrected chi connectivity index (χ1v) is 12.6. The van der Waals surface area contributed by atoms with E-state index in [9.17, 15) is 0 Å². The maximum Gasteiger partial charge on any atom is 0.209 e. The molecule has 3 aromatic rings. The van der Waals surface area contributed by atoms with E-state index in [0.29, 0.717) is 22.4 Å². The van der Waals surface area contributed by atoms with Gasteiger partial charge in [0.1, 0.15) is 11.5 Å². The van der Waals surface area contributed by atoms with Gasteiger partial charge >= 0.3 is 0 Å². The normalized spacial score (nSPS) is 16.0. The lowest BCUT2D eigenvalue weighted by Crippen LogP contribution is -2.24. The predicted octanol–water partition coefficient (Wildman–Crippen LogP) is 6.37. The van der Waals surface area contributed by atoms with E-state index in [2.05, 4.69) is 4.98 Å². The highest BCUT2D eigenvalue weighted by atomic mass is 32.2. The lowest BCUT2D eigenvalue weighted by atomic mass is 9.86. The summed E-state index contributed by atoms with van der Waals surface area (Å²) in [6, 6.07) is 17.8. The third-order valence-electron chi connectivity index (χ3n) is 5.56. The molecule has 2 aromatic carbocycles. The molecular formula is C25H28N4OS2. The van der Waals surface area contributed by atoms with E-state index in [1.165, 1.54) is 42.5 Å². The van der Waals surface area contributed by atoms with Crippen LogP contribution in [-0.2, 0) is 0 Å². The van der Waals surface area contributed by atoms with Crippen molar-refractivity contribution in [3.63, 3.8) is 0 Å². The summed E-state index contributed by atoms with van der Waals surface area (Å²) in [4.78, 5) is 10.5. The summed E-state index contributed by atoms with van der Waals surface area (Å²) in [6.07, 6.45) is 5.77. The standard InChI is InChI=1S/C25H28N4OS2/c1-17-16-31-25(28-17)29-23(19-10-6-3-7-11-19)24(22(26)18-8-4-2-5-9-18)30-20-12-14-21(32-27)15-13-20/h3,6-7,10-16,18H,2,4-5,8-9,26-27H2,1H3. The monoisotopic (exact) mass is 464 g/mol. The molecule has 7 heteroatoms. The van der Waals surface area contributed by atoms with Crippen LogP contribution in [0.4, 0.5) is 5.13 Å². The van der Waals surface area contributed by atoms with Gasteiger partial charge < -0.3 is 10.5 Å². The van der Waals surface area contributed by atoms with Crippen molar-refractivity contribution in [2.45, 2.75) is 43.9 Å². The lowest BCUT2D eigenvalue weighted by molar-refractivity contribution is 0.374. The number of rotatable bonds is 7. The molecule has 4 rings (SSSR count). The van der Waals surface area contributed by atoms with Crippen LogP contribution in [-0.4, -0.2) is 10.7 Å². The molecule has 0 saturated heterocycles. The van der Waals surface area contributed by atoms with E-state index in [1.807, 2.05) is 66.9 Å². The highest BCUT2D eigenvalue weighted by Crippen LogP contribution is 2.32. The number of benzene rings is 2. The molecule has 0 atom stereocenters. The van der Waals surface area contributed by atoms with E-state index < -0.39 is 0 Å². The summed E-state index contributed by atoms with van der Waals surface area (Å²) >= 11 is 2.72. The number of nitrogens with two attached hydrogens (primary N) is 2. The van der Waals surface area contributed by atoms with Crippen molar-refractivity contribution in [3.05, 3.63) is 82.7 Å². The predicted molar refractivity (Wildman–Crippen MR) is 134 cm³/mol. The van der Waals surface area contributed by atoms with E-state index in [-0.39, 0.29) is 5.92 Å². The smallest absolute Gasteiger partial charge is 0.209 e. The first-order valence-electron chi connectivity index (χ1n) is 10.8. The second-order valence-electron chi connectivity index (χ2n) is 7.91. The average Bonchev–Trinajstić information content (AvgIpc) is 3.27. The molecule has 1 aliphatic carbocycles. The number of aryl methyl sites for hydroxylation is 1. The lowest BCUT2D eigenvalue weighted by Gasteiger charge is -2.25. The highest BCUT2D eigenvalue weighted by molar-refractivity contribution is 7.97. The van der Waals surface area contributed by atoms with Crippen LogP contribution in [0.25, 0.3) is 0 Å². The van der Waals surface area contributed by atoms with E-state index in [4.69, 9.17) is 20.6 Å². The Bertz CT molecular complexity index is 1080. The largest absolute Gasteiger partial charge is 0.453 e. The van der Waals surface area contributed by atoms with Gasteiger partial charge in [0.05, 0.1) is 11.4 Å². The SMILES string of the molecule is Cc1csc(N=C(C(Oc2ccc(SN)cc2)=C(N)C2CCCCC2)c2ccccc2)n1. The summed E-state index contributed by atoms with van der Waals surface area (Å²) in [5.74, 6) is 1.60. The maximum atomic E-state index is 6.83. The zero-order valence-electron chi connectivity index (χ0n) is 18.2. The Balaban J connectivity index is 1.82. The summed E-state index contributed by atoms with van der Waals surface area (Å²) in [7, 11) is 0. The van der Waals surface area contributed by atoms with Crippen molar-refractivity contribution >= 4 is 34.1 Å². The fraction of sp³-hybridized carbons (Fsp3) is 0.280. The minimum Gasteiger partial charge on any atom is -0.453 e. The quantitative estimate of drug-likeness (QED) is 0.241. The number of hydrogen-bond acceptors (Lipinski definition) is 7. The Kier molecular flexibility index (Phi) is 7.63. The topological polar surface area (TPSA) is 86.5 Å². The Morgan fingerprint density at radius 1 is 1.06 bits per heavy atom. The number of aliphatic imine (C=N–C) groups is 1. The Labute approximate surface area is 197 Å².